The predicted molar refractivity (Wildman–Crippen MR) is 68.7 cm³/mol. The van der Waals surface area contributed by atoms with E-state index in [2.05, 4.69) is 43.4 Å². The third-order valence-corrected chi connectivity index (χ3v) is 2.69. The highest BCUT2D eigenvalue weighted by Crippen LogP contribution is 2.17. The van der Waals surface area contributed by atoms with Gasteiger partial charge in [-0.15, -0.1) is 0 Å². The number of benzene rings is 1. The van der Waals surface area contributed by atoms with Gasteiger partial charge in [0.1, 0.15) is 0 Å². The molecule has 0 heterocycles. The van der Waals surface area contributed by atoms with Crippen LogP contribution in [0.15, 0.2) is 24.3 Å². The molecule has 0 spiro atoms. The lowest BCUT2D eigenvalue weighted by atomic mass is 10.0. The van der Waals surface area contributed by atoms with Crippen LogP contribution in [-0.4, -0.2) is 19.8 Å². The summed E-state index contributed by atoms with van der Waals surface area (Å²) in [4.78, 5) is 0. The SMILES string of the molecule is CCCNC(COCC)c1ccccc1C. The summed E-state index contributed by atoms with van der Waals surface area (Å²) < 4.78 is 5.54. The van der Waals surface area contributed by atoms with Gasteiger partial charge < -0.3 is 10.1 Å². The van der Waals surface area contributed by atoms with E-state index >= 15 is 0 Å². The van der Waals surface area contributed by atoms with Crippen molar-refractivity contribution in [1.29, 1.82) is 0 Å². The largest absolute Gasteiger partial charge is 0.380 e. The molecule has 0 aromatic heterocycles. The first-order valence-corrected chi connectivity index (χ1v) is 6.16. The third kappa shape index (κ3) is 3.95. The molecule has 0 bridgehead atoms. The molecule has 0 radical (unpaired) electrons. The number of rotatable bonds is 7. The second-order valence-corrected chi connectivity index (χ2v) is 4.02. The molecule has 0 saturated carbocycles. The van der Waals surface area contributed by atoms with Crippen molar-refractivity contribution in [2.24, 2.45) is 0 Å². The maximum atomic E-state index is 5.54. The topological polar surface area (TPSA) is 21.3 Å². The van der Waals surface area contributed by atoms with Crippen molar-refractivity contribution in [2.75, 3.05) is 19.8 Å². The predicted octanol–water partition coefficient (Wildman–Crippen LogP) is 3.07. The zero-order valence-electron chi connectivity index (χ0n) is 10.6. The fourth-order valence-corrected chi connectivity index (χ4v) is 1.79. The van der Waals surface area contributed by atoms with E-state index in [4.69, 9.17) is 4.74 Å². The molecule has 1 aromatic carbocycles. The van der Waals surface area contributed by atoms with Crippen LogP contribution in [0.4, 0.5) is 0 Å². The molecular weight excluding hydrogens is 198 g/mol. The van der Waals surface area contributed by atoms with Crippen molar-refractivity contribution >= 4 is 0 Å². The van der Waals surface area contributed by atoms with Gasteiger partial charge in [-0.05, 0) is 37.9 Å². The average Bonchev–Trinajstić information content (AvgIpc) is 2.31. The molecule has 0 aliphatic rings. The Morgan fingerprint density at radius 3 is 2.62 bits per heavy atom. The Labute approximate surface area is 99.0 Å². The lowest BCUT2D eigenvalue weighted by Crippen LogP contribution is -2.27. The van der Waals surface area contributed by atoms with Crippen LogP contribution in [0.25, 0.3) is 0 Å². The molecule has 90 valence electrons. The molecule has 0 fully saturated rings. The van der Waals surface area contributed by atoms with Crippen LogP contribution < -0.4 is 5.32 Å². The van der Waals surface area contributed by atoms with Crippen LogP contribution in [0.2, 0.25) is 0 Å². The lowest BCUT2D eigenvalue weighted by molar-refractivity contribution is 0.123. The first-order valence-electron chi connectivity index (χ1n) is 6.16. The van der Waals surface area contributed by atoms with E-state index in [1.54, 1.807) is 0 Å². The Balaban J connectivity index is 2.70. The second kappa shape index (κ2) is 7.42. The van der Waals surface area contributed by atoms with E-state index in [-0.39, 0.29) is 0 Å². The molecule has 1 unspecified atom stereocenters. The van der Waals surface area contributed by atoms with Gasteiger partial charge in [0.15, 0.2) is 0 Å². The summed E-state index contributed by atoms with van der Waals surface area (Å²) in [6.07, 6.45) is 1.15. The fraction of sp³-hybridized carbons (Fsp3) is 0.571. The standard InChI is InChI=1S/C14H23NO/c1-4-10-15-14(11-16-5-2)13-9-7-6-8-12(13)3/h6-9,14-15H,4-5,10-11H2,1-3H3. The molecule has 1 N–H and O–H groups in total. The van der Waals surface area contributed by atoms with Gasteiger partial charge in [-0.25, -0.2) is 0 Å². The van der Waals surface area contributed by atoms with Crippen molar-refractivity contribution in [3.63, 3.8) is 0 Å². The van der Waals surface area contributed by atoms with Crippen molar-refractivity contribution < 1.29 is 4.74 Å². The minimum atomic E-state index is 0.320. The van der Waals surface area contributed by atoms with Gasteiger partial charge in [0.05, 0.1) is 12.6 Å². The van der Waals surface area contributed by atoms with Crippen LogP contribution in [0, 0.1) is 6.92 Å². The number of nitrogens with one attached hydrogen (secondary N) is 1. The van der Waals surface area contributed by atoms with Crippen LogP contribution >= 0.6 is 0 Å². The minimum Gasteiger partial charge on any atom is -0.380 e. The molecule has 2 heteroatoms. The number of hydrogen-bond acceptors (Lipinski definition) is 2. The zero-order chi connectivity index (χ0) is 11.8. The molecule has 0 amide bonds. The van der Waals surface area contributed by atoms with Crippen LogP contribution in [-0.2, 0) is 4.74 Å². The molecule has 1 atom stereocenters. The molecule has 0 aliphatic carbocycles. The van der Waals surface area contributed by atoms with E-state index < -0.39 is 0 Å². The maximum absolute atomic E-state index is 5.54. The van der Waals surface area contributed by atoms with Gasteiger partial charge in [-0.1, -0.05) is 31.2 Å². The molecule has 0 saturated heterocycles. The smallest absolute Gasteiger partial charge is 0.0661 e. The first-order chi connectivity index (χ1) is 7.79. The van der Waals surface area contributed by atoms with Gasteiger partial charge in [0.25, 0.3) is 0 Å². The van der Waals surface area contributed by atoms with Gasteiger partial charge in [-0.3, -0.25) is 0 Å². The molecule has 16 heavy (non-hydrogen) atoms. The fourth-order valence-electron chi connectivity index (χ4n) is 1.79. The van der Waals surface area contributed by atoms with Crippen molar-refractivity contribution in [3.05, 3.63) is 35.4 Å². The van der Waals surface area contributed by atoms with E-state index in [1.807, 2.05) is 6.92 Å². The Bertz CT molecular complexity index is 291. The van der Waals surface area contributed by atoms with Crippen LogP contribution in [0.1, 0.15) is 37.4 Å². The lowest BCUT2D eigenvalue weighted by Gasteiger charge is -2.20. The summed E-state index contributed by atoms with van der Waals surface area (Å²) in [6.45, 7) is 8.93. The van der Waals surface area contributed by atoms with E-state index in [0.29, 0.717) is 6.04 Å². The normalized spacial score (nSPS) is 12.7. The molecule has 2 nitrogen and oxygen atoms in total. The van der Waals surface area contributed by atoms with E-state index in [1.165, 1.54) is 11.1 Å². The van der Waals surface area contributed by atoms with Crippen molar-refractivity contribution in [3.8, 4) is 0 Å². The maximum Gasteiger partial charge on any atom is 0.0661 e. The average molecular weight is 221 g/mol. The summed E-state index contributed by atoms with van der Waals surface area (Å²) in [6, 6.07) is 8.83. The van der Waals surface area contributed by atoms with Gasteiger partial charge in [-0.2, -0.15) is 0 Å². The van der Waals surface area contributed by atoms with E-state index in [9.17, 15) is 0 Å². The summed E-state index contributed by atoms with van der Waals surface area (Å²) in [7, 11) is 0. The van der Waals surface area contributed by atoms with Crippen LogP contribution in [0.3, 0.4) is 0 Å². The highest BCUT2D eigenvalue weighted by atomic mass is 16.5. The molecule has 1 rings (SSSR count). The highest BCUT2D eigenvalue weighted by molar-refractivity contribution is 5.28. The molecular formula is C14H23NO. The zero-order valence-corrected chi connectivity index (χ0v) is 10.6. The number of aryl methyl sites for hydroxylation is 1. The van der Waals surface area contributed by atoms with Gasteiger partial charge in [0.2, 0.25) is 0 Å². The van der Waals surface area contributed by atoms with Crippen molar-refractivity contribution in [1.82, 2.24) is 5.32 Å². The van der Waals surface area contributed by atoms with Crippen LogP contribution in [0.5, 0.6) is 0 Å². The molecule has 1 aromatic rings. The molecule has 0 aliphatic heterocycles. The Morgan fingerprint density at radius 2 is 2.00 bits per heavy atom. The third-order valence-electron chi connectivity index (χ3n) is 2.69. The quantitative estimate of drug-likeness (QED) is 0.764. The summed E-state index contributed by atoms with van der Waals surface area (Å²) in [5.74, 6) is 0. The Morgan fingerprint density at radius 1 is 1.25 bits per heavy atom. The number of ether oxygens (including phenoxy) is 1. The summed E-state index contributed by atoms with van der Waals surface area (Å²) >= 11 is 0. The Hall–Kier alpha value is -0.860. The summed E-state index contributed by atoms with van der Waals surface area (Å²) in [5.41, 5.74) is 2.68. The van der Waals surface area contributed by atoms with Crippen molar-refractivity contribution in [2.45, 2.75) is 33.2 Å². The van der Waals surface area contributed by atoms with E-state index in [0.717, 1.165) is 26.2 Å². The monoisotopic (exact) mass is 221 g/mol. The summed E-state index contributed by atoms with van der Waals surface area (Å²) in [5, 5.41) is 3.54. The van der Waals surface area contributed by atoms with Gasteiger partial charge >= 0.3 is 0 Å². The Kier molecular flexibility index (Phi) is 6.12. The van der Waals surface area contributed by atoms with Gasteiger partial charge in [0, 0.05) is 6.61 Å². The second-order valence-electron chi connectivity index (χ2n) is 4.02. The first kappa shape index (κ1) is 13.2. The number of hydrogen-bond donors (Lipinski definition) is 1. The minimum absolute atomic E-state index is 0.320. The highest BCUT2D eigenvalue weighted by Gasteiger charge is 2.12.